The minimum absolute atomic E-state index is 0.131. The number of aromatic nitrogens is 3. The van der Waals surface area contributed by atoms with E-state index in [0.29, 0.717) is 17.9 Å². The molecule has 210 valence electrons. The molecule has 1 atom stereocenters. The van der Waals surface area contributed by atoms with Crippen molar-refractivity contribution < 1.29 is 9.59 Å². The number of H-pyrrole nitrogens is 1. The fourth-order valence-corrected chi connectivity index (χ4v) is 7.01. The number of hydrogen-bond donors (Lipinski definition) is 3. The van der Waals surface area contributed by atoms with E-state index in [1.807, 2.05) is 104 Å². The summed E-state index contributed by atoms with van der Waals surface area (Å²) in [5.41, 5.74) is 5.56. The Morgan fingerprint density at radius 1 is 0.860 bits per heavy atom. The summed E-state index contributed by atoms with van der Waals surface area (Å²) in [6.45, 7) is 3.42. The first-order valence-corrected chi connectivity index (χ1v) is 14.1. The molecule has 8 heteroatoms. The molecule has 4 aromatic carbocycles. The normalized spacial score (nSPS) is 21.3. The second-order valence-corrected chi connectivity index (χ2v) is 11.5. The van der Waals surface area contributed by atoms with E-state index in [1.165, 1.54) is 6.92 Å². The van der Waals surface area contributed by atoms with Gasteiger partial charge in [-0.05, 0) is 64.9 Å². The third-order valence-electron chi connectivity index (χ3n) is 8.81. The van der Waals surface area contributed by atoms with E-state index >= 15 is 0 Å². The average molecular weight is 565 g/mol. The first kappa shape index (κ1) is 26.4. The smallest absolute Gasteiger partial charge is 0.249 e. The third-order valence-corrected chi connectivity index (χ3v) is 8.81. The minimum Gasteiger partial charge on any atom is -0.326 e. The predicted molar refractivity (Wildman–Crippen MR) is 164 cm³/mol. The van der Waals surface area contributed by atoms with E-state index in [9.17, 15) is 14.9 Å². The van der Waals surface area contributed by atoms with Crippen molar-refractivity contribution in [2.24, 2.45) is 5.41 Å². The maximum absolute atomic E-state index is 14.1. The van der Waals surface area contributed by atoms with Gasteiger partial charge in [-0.2, -0.15) is 10.2 Å². The number of fused-ring (bicyclic) bond motifs is 1. The zero-order valence-electron chi connectivity index (χ0n) is 23.7. The summed E-state index contributed by atoms with van der Waals surface area (Å²) in [6.07, 6.45) is 0.359. The van der Waals surface area contributed by atoms with Gasteiger partial charge in [0.15, 0.2) is 5.82 Å². The van der Waals surface area contributed by atoms with Crippen molar-refractivity contribution in [3.63, 3.8) is 0 Å². The topological polar surface area (TPSA) is 124 Å². The Bertz CT molecular complexity index is 1920. The fraction of sp³-hybridized carbons (Fsp3) is 0.171. The Labute approximate surface area is 248 Å². The highest BCUT2D eigenvalue weighted by Gasteiger charge is 2.61. The molecule has 1 unspecified atom stereocenters. The number of benzene rings is 4. The van der Waals surface area contributed by atoms with E-state index in [1.54, 1.807) is 0 Å². The summed E-state index contributed by atoms with van der Waals surface area (Å²) < 4.78 is 0. The summed E-state index contributed by atoms with van der Waals surface area (Å²) in [4.78, 5) is 30.2. The Kier molecular flexibility index (Phi) is 5.99. The van der Waals surface area contributed by atoms with Crippen molar-refractivity contribution in [2.75, 3.05) is 10.6 Å². The van der Waals surface area contributed by atoms with Crippen LogP contribution in [-0.4, -0.2) is 27.0 Å². The highest BCUT2D eigenvalue weighted by atomic mass is 16.2. The second-order valence-electron chi connectivity index (χ2n) is 11.5. The molecule has 8 nitrogen and oxygen atoms in total. The number of rotatable bonds is 5. The van der Waals surface area contributed by atoms with Crippen LogP contribution < -0.4 is 10.6 Å². The zero-order chi connectivity index (χ0) is 29.8. The van der Waals surface area contributed by atoms with Crippen molar-refractivity contribution in [1.82, 2.24) is 15.2 Å². The Balaban J connectivity index is 1.19. The van der Waals surface area contributed by atoms with Crippen LogP contribution in [0.3, 0.4) is 0 Å². The molecular formula is C35H28N6O2. The molecule has 0 saturated heterocycles. The largest absolute Gasteiger partial charge is 0.326 e. The number of hydrogen-bond acceptors (Lipinski definition) is 5. The maximum atomic E-state index is 14.1. The van der Waals surface area contributed by atoms with Gasteiger partial charge in [0.05, 0.1) is 11.5 Å². The Morgan fingerprint density at radius 2 is 1.49 bits per heavy atom. The minimum atomic E-state index is -0.921. The summed E-state index contributed by atoms with van der Waals surface area (Å²) in [7, 11) is 0. The second kappa shape index (κ2) is 9.78. The first-order valence-electron chi connectivity index (χ1n) is 14.1. The highest BCUT2D eigenvalue weighted by molar-refractivity contribution is 5.96. The molecule has 0 spiro atoms. The molecule has 1 heterocycles. The number of nitrogens with zero attached hydrogens (tertiary/aromatic N) is 3. The molecule has 8 rings (SSSR count). The van der Waals surface area contributed by atoms with E-state index in [2.05, 4.69) is 31.9 Å². The van der Waals surface area contributed by atoms with Crippen LogP contribution in [0.4, 0.5) is 11.6 Å². The maximum Gasteiger partial charge on any atom is 0.249 e. The predicted octanol–water partition coefficient (Wildman–Crippen LogP) is 6.40. The molecule has 2 bridgehead atoms. The van der Waals surface area contributed by atoms with Crippen LogP contribution in [0.1, 0.15) is 48.4 Å². The standard InChI is InChI=1S/C35H28N6O2/c1-21(42)37-25-12-8-10-23(18-25)22-9-7-11-24(17-22)31-38-33(41-40-31)39-32(43)34(2)19-35(20-36)28-15-5-3-13-26(28)30(34)27-14-4-6-16-29(27)35/h3-18,30H,19H2,1-2H3,(H,37,42)(H2,38,39,40,41,43). The van der Waals surface area contributed by atoms with Crippen molar-refractivity contribution >= 4 is 23.5 Å². The van der Waals surface area contributed by atoms with E-state index < -0.39 is 10.8 Å². The van der Waals surface area contributed by atoms with Gasteiger partial charge in [-0.3, -0.25) is 20.0 Å². The molecule has 43 heavy (non-hydrogen) atoms. The molecule has 2 amide bonds. The molecule has 0 radical (unpaired) electrons. The molecule has 1 aromatic heterocycles. The van der Waals surface area contributed by atoms with E-state index in [4.69, 9.17) is 0 Å². The Hall–Kier alpha value is -5.55. The first-order chi connectivity index (χ1) is 20.8. The van der Waals surface area contributed by atoms with Gasteiger partial charge in [0, 0.05) is 24.1 Å². The summed E-state index contributed by atoms with van der Waals surface area (Å²) >= 11 is 0. The molecule has 0 aliphatic heterocycles. The van der Waals surface area contributed by atoms with Crippen molar-refractivity contribution in [2.45, 2.75) is 31.6 Å². The number of carbonyl (C=O) groups excluding carboxylic acids is 2. The van der Waals surface area contributed by atoms with Crippen LogP contribution in [0.5, 0.6) is 0 Å². The molecule has 3 aliphatic carbocycles. The van der Waals surface area contributed by atoms with Gasteiger partial charge in [0.1, 0.15) is 5.41 Å². The van der Waals surface area contributed by atoms with Crippen molar-refractivity contribution in [1.29, 1.82) is 5.26 Å². The van der Waals surface area contributed by atoms with Gasteiger partial charge in [0.2, 0.25) is 17.8 Å². The van der Waals surface area contributed by atoms with Gasteiger partial charge >= 0.3 is 0 Å². The highest BCUT2D eigenvalue weighted by Crippen LogP contribution is 2.63. The van der Waals surface area contributed by atoms with Gasteiger partial charge < -0.3 is 5.32 Å². The third kappa shape index (κ3) is 4.12. The van der Waals surface area contributed by atoms with Gasteiger partial charge in [-0.15, -0.1) is 5.10 Å². The SMILES string of the molecule is CC(=O)Nc1cccc(-c2cccc(-c3nc(NC(=O)C4(C)CC5(C#N)c6ccccc6C4c4ccccc45)n[nH]3)c2)c1. The lowest BCUT2D eigenvalue weighted by Crippen LogP contribution is -2.53. The van der Waals surface area contributed by atoms with Crippen LogP contribution >= 0.6 is 0 Å². The monoisotopic (exact) mass is 564 g/mol. The van der Waals surface area contributed by atoms with Crippen molar-refractivity contribution in [3.05, 3.63) is 119 Å². The van der Waals surface area contributed by atoms with Gasteiger partial charge in [-0.25, -0.2) is 0 Å². The van der Waals surface area contributed by atoms with Gasteiger partial charge in [-0.1, -0.05) is 78.9 Å². The number of nitrogens with one attached hydrogen (secondary N) is 3. The molecule has 0 saturated carbocycles. The number of nitriles is 1. The quantitative estimate of drug-likeness (QED) is 0.228. The molecule has 3 aliphatic rings. The number of aromatic amines is 1. The van der Waals surface area contributed by atoms with Crippen LogP contribution in [0.15, 0.2) is 97.1 Å². The lowest BCUT2D eigenvalue weighted by atomic mass is 9.47. The van der Waals surface area contributed by atoms with Gasteiger partial charge in [0.25, 0.3) is 0 Å². The van der Waals surface area contributed by atoms with Crippen LogP contribution in [-0.2, 0) is 15.0 Å². The van der Waals surface area contributed by atoms with E-state index in [0.717, 1.165) is 38.9 Å². The van der Waals surface area contributed by atoms with Crippen molar-refractivity contribution in [3.8, 4) is 28.6 Å². The lowest BCUT2D eigenvalue weighted by Gasteiger charge is -2.54. The number of carbonyl (C=O) groups is 2. The Morgan fingerprint density at radius 3 is 2.16 bits per heavy atom. The molecule has 5 aromatic rings. The molecule has 3 N–H and O–H groups in total. The average Bonchev–Trinajstić information content (AvgIpc) is 3.49. The number of anilines is 2. The van der Waals surface area contributed by atoms with Crippen LogP contribution in [0, 0.1) is 16.7 Å². The fourth-order valence-electron chi connectivity index (χ4n) is 7.01. The zero-order valence-corrected chi connectivity index (χ0v) is 23.7. The summed E-state index contributed by atoms with van der Waals surface area (Å²) in [5, 5.41) is 23.7. The lowest BCUT2D eigenvalue weighted by molar-refractivity contribution is -0.127. The molecular weight excluding hydrogens is 536 g/mol. The van der Waals surface area contributed by atoms with Crippen LogP contribution in [0.2, 0.25) is 0 Å². The summed E-state index contributed by atoms with van der Waals surface area (Å²) in [5.74, 6) is 0.116. The van der Waals surface area contributed by atoms with Crippen LogP contribution in [0.25, 0.3) is 22.5 Å². The van der Waals surface area contributed by atoms with E-state index in [-0.39, 0.29) is 23.7 Å². The molecule has 0 fully saturated rings. The number of amides is 2. The summed E-state index contributed by atoms with van der Waals surface area (Å²) in [6, 6.07) is 34.0.